The van der Waals surface area contributed by atoms with Gasteiger partial charge in [0.25, 0.3) is 0 Å². The fourth-order valence-electron chi connectivity index (χ4n) is 3.26. The molecule has 2 heterocycles. The molecule has 7 heteroatoms. The van der Waals surface area contributed by atoms with E-state index >= 15 is 0 Å². The summed E-state index contributed by atoms with van der Waals surface area (Å²) in [6.45, 7) is 7.49. The summed E-state index contributed by atoms with van der Waals surface area (Å²) in [6.07, 6.45) is 2.85. The van der Waals surface area contributed by atoms with Crippen LogP contribution >= 0.6 is 0 Å². The summed E-state index contributed by atoms with van der Waals surface area (Å²) < 4.78 is 14.9. The number of rotatable bonds is 4. The number of nitrogens with one attached hydrogen (secondary N) is 1. The van der Waals surface area contributed by atoms with Crippen LogP contribution in [0.5, 0.6) is 0 Å². The van der Waals surface area contributed by atoms with Gasteiger partial charge < -0.3 is 10.2 Å². The number of halogens is 1. The molecule has 27 heavy (non-hydrogen) atoms. The highest BCUT2D eigenvalue weighted by Gasteiger charge is 2.27. The summed E-state index contributed by atoms with van der Waals surface area (Å²) >= 11 is 0. The lowest BCUT2D eigenvalue weighted by molar-refractivity contribution is -0.133. The molecule has 0 spiro atoms. The zero-order valence-corrected chi connectivity index (χ0v) is 16.0. The van der Waals surface area contributed by atoms with Gasteiger partial charge in [-0.2, -0.15) is 5.10 Å². The Morgan fingerprint density at radius 3 is 2.56 bits per heavy atom. The predicted molar refractivity (Wildman–Crippen MR) is 101 cm³/mol. The van der Waals surface area contributed by atoms with Crippen molar-refractivity contribution in [2.45, 2.75) is 52.1 Å². The fraction of sp³-hybridized carbons (Fsp3) is 0.450. The molecule has 0 radical (unpaired) electrons. The molecule has 0 saturated carbocycles. The van der Waals surface area contributed by atoms with Crippen molar-refractivity contribution in [3.63, 3.8) is 0 Å². The molecule has 6 nitrogen and oxygen atoms in total. The lowest BCUT2D eigenvalue weighted by atomic mass is 10.0. The normalized spacial score (nSPS) is 14.0. The van der Waals surface area contributed by atoms with Crippen LogP contribution in [0.2, 0.25) is 0 Å². The molecule has 1 aliphatic heterocycles. The first-order chi connectivity index (χ1) is 12.7. The largest absolute Gasteiger partial charge is 0.338 e. The second-order valence-corrected chi connectivity index (χ2v) is 7.82. The van der Waals surface area contributed by atoms with Crippen LogP contribution in [0.1, 0.15) is 44.9 Å². The number of hydrogen-bond acceptors (Lipinski definition) is 3. The average Bonchev–Trinajstić information content (AvgIpc) is 3.05. The van der Waals surface area contributed by atoms with Crippen molar-refractivity contribution in [2.75, 3.05) is 11.9 Å². The van der Waals surface area contributed by atoms with Crippen LogP contribution in [0, 0.1) is 5.82 Å². The second kappa shape index (κ2) is 7.50. The van der Waals surface area contributed by atoms with Gasteiger partial charge in [-0.05, 0) is 45.0 Å². The van der Waals surface area contributed by atoms with Crippen molar-refractivity contribution in [1.29, 1.82) is 0 Å². The average molecular weight is 372 g/mol. The molecule has 0 saturated heterocycles. The Balaban J connectivity index is 1.52. The van der Waals surface area contributed by atoms with E-state index in [1.807, 2.05) is 10.9 Å². The maximum absolute atomic E-state index is 12.9. The molecule has 0 bridgehead atoms. The number of carbonyl (C=O) groups excluding carboxylic acids is 2. The number of carbonyl (C=O) groups is 2. The predicted octanol–water partition coefficient (Wildman–Crippen LogP) is 3.08. The van der Waals surface area contributed by atoms with Gasteiger partial charge in [0.05, 0.1) is 11.7 Å². The third-order valence-corrected chi connectivity index (χ3v) is 4.62. The van der Waals surface area contributed by atoms with E-state index < -0.39 is 0 Å². The van der Waals surface area contributed by atoms with Crippen LogP contribution in [0.15, 0.2) is 30.5 Å². The van der Waals surface area contributed by atoms with Gasteiger partial charge in [0.15, 0.2) is 0 Å². The van der Waals surface area contributed by atoms with Crippen LogP contribution < -0.4 is 5.32 Å². The molecule has 1 aliphatic rings. The van der Waals surface area contributed by atoms with Crippen molar-refractivity contribution in [2.24, 2.45) is 0 Å². The zero-order valence-electron chi connectivity index (χ0n) is 16.0. The van der Waals surface area contributed by atoms with Gasteiger partial charge in [0.2, 0.25) is 11.8 Å². The second-order valence-electron chi connectivity index (χ2n) is 7.82. The van der Waals surface area contributed by atoms with Crippen molar-refractivity contribution in [3.05, 3.63) is 47.5 Å². The first kappa shape index (κ1) is 19.1. The number of amides is 2. The van der Waals surface area contributed by atoms with Crippen molar-refractivity contribution < 1.29 is 14.0 Å². The van der Waals surface area contributed by atoms with Crippen LogP contribution in [0.25, 0.3) is 0 Å². The van der Waals surface area contributed by atoms with Crippen LogP contribution in [0.4, 0.5) is 10.1 Å². The molecule has 2 aromatic rings. The van der Waals surface area contributed by atoms with E-state index in [0.717, 1.165) is 12.0 Å². The third kappa shape index (κ3) is 4.53. The SMILES string of the molecule is CC(C)(C)n1ncc2c1CCN(C(=O)CCC(=O)Nc1ccc(F)cc1)C2. The quantitative estimate of drug-likeness (QED) is 0.897. The van der Waals surface area contributed by atoms with Gasteiger partial charge in [-0.3, -0.25) is 14.3 Å². The number of benzene rings is 1. The number of hydrogen-bond donors (Lipinski definition) is 1. The van der Waals surface area contributed by atoms with E-state index in [1.165, 1.54) is 30.0 Å². The topological polar surface area (TPSA) is 67.2 Å². The van der Waals surface area contributed by atoms with E-state index in [-0.39, 0.29) is 36.0 Å². The van der Waals surface area contributed by atoms with Gasteiger partial charge in [-0.15, -0.1) is 0 Å². The van der Waals surface area contributed by atoms with Crippen molar-refractivity contribution >= 4 is 17.5 Å². The Labute approximate surface area is 158 Å². The summed E-state index contributed by atoms with van der Waals surface area (Å²) in [5.41, 5.74) is 2.69. The molecule has 3 rings (SSSR count). The summed E-state index contributed by atoms with van der Waals surface area (Å²) in [5, 5.41) is 7.15. The van der Waals surface area contributed by atoms with E-state index in [1.54, 1.807) is 4.90 Å². The Bertz CT molecular complexity index is 837. The van der Waals surface area contributed by atoms with E-state index in [9.17, 15) is 14.0 Å². The lowest BCUT2D eigenvalue weighted by Gasteiger charge is -2.30. The molecular weight excluding hydrogens is 347 g/mol. The minimum Gasteiger partial charge on any atom is -0.338 e. The summed E-state index contributed by atoms with van der Waals surface area (Å²) in [7, 11) is 0. The van der Waals surface area contributed by atoms with Gasteiger partial charge in [-0.1, -0.05) is 0 Å². The molecule has 0 atom stereocenters. The molecule has 0 fully saturated rings. The Kier molecular flexibility index (Phi) is 5.30. The molecule has 144 valence electrons. The van der Waals surface area contributed by atoms with Crippen LogP contribution in [0.3, 0.4) is 0 Å². The minimum absolute atomic E-state index is 0.0431. The monoisotopic (exact) mass is 372 g/mol. The zero-order chi connectivity index (χ0) is 19.6. The third-order valence-electron chi connectivity index (χ3n) is 4.62. The standard InChI is InChI=1S/C20H25FN4O2/c1-20(2,3)25-17-10-11-24(13-14(17)12-22-25)19(27)9-8-18(26)23-16-6-4-15(21)5-7-16/h4-7,12H,8-11,13H2,1-3H3,(H,23,26). The maximum Gasteiger partial charge on any atom is 0.224 e. The lowest BCUT2D eigenvalue weighted by Crippen LogP contribution is -2.37. The number of fused-ring (bicyclic) bond motifs is 1. The van der Waals surface area contributed by atoms with E-state index in [2.05, 4.69) is 31.2 Å². The summed E-state index contributed by atoms with van der Waals surface area (Å²) in [4.78, 5) is 26.3. The first-order valence-electron chi connectivity index (χ1n) is 9.13. The van der Waals surface area contributed by atoms with Gasteiger partial charge in [-0.25, -0.2) is 4.39 Å². The smallest absolute Gasteiger partial charge is 0.224 e. The highest BCUT2D eigenvalue weighted by Crippen LogP contribution is 2.24. The van der Waals surface area contributed by atoms with Gasteiger partial charge in [0.1, 0.15) is 5.82 Å². The number of anilines is 1. The van der Waals surface area contributed by atoms with Crippen molar-refractivity contribution in [1.82, 2.24) is 14.7 Å². The van der Waals surface area contributed by atoms with Gasteiger partial charge in [0, 0.05) is 49.3 Å². The fourth-order valence-corrected chi connectivity index (χ4v) is 3.26. The molecular formula is C20H25FN4O2. The molecule has 0 unspecified atom stereocenters. The Hall–Kier alpha value is -2.70. The highest BCUT2D eigenvalue weighted by molar-refractivity contribution is 5.93. The van der Waals surface area contributed by atoms with Crippen LogP contribution in [-0.4, -0.2) is 33.0 Å². The Morgan fingerprint density at radius 2 is 1.89 bits per heavy atom. The molecule has 2 amide bonds. The highest BCUT2D eigenvalue weighted by atomic mass is 19.1. The molecule has 1 N–H and O–H groups in total. The number of aromatic nitrogens is 2. The number of nitrogens with zero attached hydrogens (tertiary/aromatic N) is 3. The first-order valence-corrected chi connectivity index (χ1v) is 9.13. The minimum atomic E-state index is -0.359. The molecule has 1 aromatic carbocycles. The van der Waals surface area contributed by atoms with Crippen LogP contribution in [-0.2, 0) is 28.1 Å². The Morgan fingerprint density at radius 1 is 1.19 bits per heavy atom. The maximum atomic E-state index is 12.9. The molecule has 0 aliphatic carbocycles. The van der Waals surface area contributed by atoms with E-state index in [0.29, 0.717) is 18.8 Å². The molecule has 1 aromatic heterocycles. The summed E-state index contributed by atoms with van der Waals surface area (Å²) in [6, 6.07) is 5.55. The summed E-state index contributed by atoms with van der Waals surface area (Å²) in [5.74, 6) is -0.658. The van der Waals surface area contributed by atoms with Crippen molar-refractivity contribution in [3.8, 4) is 0 Å². The van der Waals surface area contributed by atoms with E-state index in [4.69, 9.17) is 0 Å². The van der Waals surface area contributed by atoms with Gasteiger partial charge >= 0.3 is 0 Å².